The van der Waals surface area contributed by atoms with Crippen LogP contribution in [0.5, 0.6) is 0 Å². The summed E-state index contributed by atoms with van der Waals surface area (Å²) in [5, 5.41) is 0. The predicted octanol–water partition coefficient (Wildman–Crippen LogP) is 2.87. The van der Waals surface area contributed by atoms with Crippen molar-refractivity contribution in [3.8, 4) is 0 Å². The number of unbranched alkanes of at least 4 members (excludes halogenated alkanes) is 1. The predicted molar refractivity (Wildman–Crippen MR) is 54.1 cm³/mol. The summed E-state index contributed by atoms with van der Waals surface area (Å²) in [6.07, 6.45) is 5.71. The van der Waals surface area contributed by atoms with Gasteiger partial charge < -0.3 is 4.74 Å². The topological polar surface area (TPSA) is 22.1 Å². The molecule has 1 aromatic rings. The molecular weight excluding hydrogens is 162 g/mol. The summed E-state index contributed by atoms with van der Waals surface area (Å²) in [5.41, 5.74) is 0.957. The molecule has 0 fully saturated rings. The van der Waals surface area contributed by atoms with Crippen LogP contribution in [0.2, 0.25) is 0 Å². The van der Waals surface area contributed by atoms with Crippen molar-refractivity contribution in [1.29, 1.82) is 0 Å². The van der Waals surface area contributed by atoms with Crippen molar-refractivity contribution >= 4 is 5.76 Å². The Morgan fingerprint density at radius 1 is 1.62 bits per heavy atom. The third kappa shape index (κ3) is 3.28. The smallest absolute Gasteiger partial charge is 0.120 e. The van der Waals surface area contributed by atoms with Crippen molar-refractivity contribution in [3.63, 3.8) is 0 Å². The quantitative estimate of drug-likeness (QED) is 0.509. The molecule has 0 saturated heterocycles. The summed E-state index contributed by atoms with van der Waals surface area (Å²) < 4.78 is 5.43. The first-order valence-corrected chi connectivity index (χ1v) is 4.56. The van der Waals surface area contributed by atoms with E-state index in [2.05, 4.69) is 18.5 Å². The second kappa shape index (κ2) is 5.36. The van der Waals surface area contributed by atoms with E-state index in [1.807, 2.05) is 12.1 Å². The van der Waals surface area contributed by atoms with Crippen molar-refractivity contribution in [1.82, 2.24) is 4.98 Å². The van der Waals surface area contributed by atoms with Crippen molar-refractivity contribution in [2.75, 3.05) is 6.61 Å². The Morgan fingerprint density at radius 2 is 2.46 bits per heavy atom. The van der Waals surface area contributed by atoms with Crippen LogP contribution in [0.4, 0.5) is 0 Å². The zero-order chi connectivity index (χ0) is 9.52. The molecule has 0 unspecified atom stereocenters. The summed E-state index contributed by atoms with van der Waals surface area (Å²) in [5.74, 6) is 0.710. The van der Waals surface area contributed by atoms with Crippen molar-refractivity contribution in [3.05, 3.63) is 36.7 Å². The van der Waals surface area contributed by atoms with Crippen molar-refractivity contribution < 1.29 is 4.74 Å². The first-order valence-electron chi connectivity index (χ1n) is 4.56. The molecule has 0 radical (unpaired) electrons. The molecule has 0 N–H and O–H groups in total. The van der Waals surface area contributed by atoms with E-state index in [1.165, 1.54) is 0 Å². The SMILES string of the molecule is C=C(OCCCC)c1cccnc1. The van der Waals surface area contributed by atoms with Gasteiger partial charge in [-0.25, -0.2) is 0 Å². The van der Waals surface area contributed by atoms with E-state index in [0.29, 0.717) is 5.76 Å². The van der Waals surface area contributed by atoms with Gasteiger partial charge >= 0.3 is 0 Å². The second-order valence-electron chi connectivity index (χ2n) is 2.87. The van der Waals surface area contributed by atoms with Crippen LogP contribution in [-0.2, 0) is 4.74 Å². The minimum absolute atomic E-state index is 0.710. The molecule has 0 atom stereocenters. The first kappa shape index (κ1) is 9.78. The Labute approximate surface area is 79.3 Å². The molecule has 0 aromatic carbocycles. The van der Waals surface area contributed by atoms with Gasteiger partial charge in [0.05, 0.1) is 6.61 Å². The Kier molecular flexibility index (Phi) is 4.03. The average molecular weight is 177 g/mol. The van der Waals surface area contributed by atoms with Gasteiger partial charge in [-0.2, -0.15) is 0 Å². The van der Waals surface area contributed by atoms with Crippen LogP contribution in [-0.4, -0.2) is 11.6 Å². The molecule has 2 heteroatoms. The monoisotopic (exact) mass is 177 g/mol. The van der Waals surface area contributed by atoms with Gasteiger partial charge in [-0.05, 0) is 18.6 Å². The number of hydrogen-bond acceptors (Lipinski definition) is 2. The zero-order valence-electron chi connectivity index (χ0n) is 7.99. The third-order valence-electron chi connectivity index (χ3n) is 1.76. The fourth-order valence-corrected chi connectivity index (χ4v) is 0.951. The largest absolute Gasteiger partial charge is 0.494 e. The van der Waals surface area contributed by atoms with Crippen LogP contribution < -0.4 is 0 Å². The van der Waals surface area contributed by atoms with Gasteiger partial charge in [-0.15, -0.1) is 0 Å². The number of rotatable bonds is 5. The minimum Gasteiger partial charge on any atom is -0.494 e. The van der Waals surface area contributed by atoms with Crippen LogP contribution in [0.15, 0.2) is 31.1 Å². The lowest BCUT2D eigenvalue weighted by molar-refractivity contribution is 0.271. The summed E-state index contributed by atoms with van der Waals surface area (Å²) in [7, 11) is 0. The summed E-state index contributed by atoms with van der Waals surface area (Å²) >= 11 is 0. The van der Waals surface area contributed by atoms with Gasteiger partial charge in [0.1, 0.15) is 5.76 Å². The van der Waals surface area contributed by atoms with Gasteiger partial charge in [0.25, 0.3) is 0 Å². The van der Waals surface area contributed by atoms with E-state index < -0.39 is 0 Å². The van der Waals surface area contributed by atoms with Gasteiger partial charge in [0.15, 0.2) is 0 Å². The highest BCUT2D eigenvalue weighted by molar-refractivity contribution is 5.55. The maximum absolute atomic E-state index is 5.43. The Balaban J connectivity index is 2.40. The molecule has 13 heavy (non-hydrogen) atoms. The fourth-order valence-electron chi connectivity index (χ4n) is 0.951. The lowest BCUT2D eigenvalue weighted by atomic mass is 10.2. The van der Waals surface area contributed by atoms with E-state index >= 15 is 0 Å². The molecule has 0 aliphatic heterocycles. The molecular formula is C11H15NO. The normalized spacial score (nSPS) is 9.62. The molecule has 1 heterocycles. The molecule has 0 aliphatic rings. The summed E-state index contributed by atoms with van der Waals surface area (Å²) in [6.45, 7) is 6.71. The minimum atomic E-state index is 0.710. The van der Waals surface area contributed by atoms with Crippen LogP contribution >= 0.6 is 0 Å². The highest BCUT2D eigenvalue weighted by Crippen LogP contribution is 2.11. The Hall–Kier alpha value is -1.31. The second-order valence-corrected chi connectivity index (χ2v) is 2.87. The molecule has 70 valence electrons. The number of nitrogens with zero attached hydrogens (tertiary/aromatic N) is 1. The van der Waals surface area contributed by atoms with Gasteiger partial charge in [-0.1, -0.05) is 19.9 Å². The Bertz CT molecular complexity index is 256. The number of pyridine rings is 1. The van der Waals surface area contributed by atoms with E-state index in [9.17, 15) is 0 Å². The standard InChI is InChI=1S/C11H15NO/c1-3-4-8-13-10(2)11-6-5-7-12-9-11/h5-7,9H,2-4,8H2,1H3. The van der Waals surface area contributed by atoms with E-state index in [-0.39, 0.29) is 0 Å². The van der Waals surface area contributed by atoms with E-state index in [1.54, 1.807) is 12.4 Å². The molecule has 1 rings (SSSR count). The highest BCUT2D eigenvalue weighted by atomic mass is 16.5. The number of hydrogen-bond donors (Lipinski definition) is 0. The lowest BCUT2D eigenvalue weighted by Gasteiger charge is -2.07. The third-order valence-corrected chi connectivity index (χ3v) is 1.76. The lowest BCUT2D eigenvalue weighted by Crippen LogP contribution is -1.93. The molecule has 0 amide bonds. The fraction of sp³-hybridized carbons (Fsp3) is 0.364. The highest BCUT2D eigenvalue weighted by Gasteiger charge is 1.97. The summed E-state index contributed by atoms with van der Waals surface area (Å²) in [4.78, 5) is 3.99. The van der Waals surface area contributed by atoms with Crippen LogP contribution in [0.25, 0.3) is 5.76 Å². The zero-order valence-corrected chi connectivity index (χ0v) is 7.99. The van der Waals surface area contributed by atoms with Crippen LogP contribution in [0.1, 0.15) is 25.3 Å². The van der Waals surface area contributed by atoms with Gasteiger partial charge in [0, 0.05) is 18.0 Å². The van der Waals surface area contributed by atoms with Gasteiger partial charge in [-0.3, -0.25) is 4.98 Å². The first-order chi connectivity index (χ1) is 6.34. The van der Waals surface area contributed by atoms with Crippen LogP contribution in [0.3, 0.4) is 0 Å². The average Bonchev–Trinajstić information content (AvgIpc) is 2.19. The molecule has 2 nitrogen and oxygen atoms in total. The van der Waals surface area contributed by atoms with Crippen LogP contribution in [0, 0.1) is 0 Å². The van der Waals surface area contributed by atoms with E-state index in [0.717, 1.165) is 25.0 Å². The molecule has 0 aliphatic carbocycles. The number of ether oxygens (including phenoxy) is 1. The van der Waals surface area contributed by atoms with E-state index in [4.69, 9.17) is 4.74 Å². The Morgan fingerprint density at radius 3 is 3.08 bits per heavy atom. The molecule has 0 saturated carbocycles. The van der Waals surface area contributed by atoms with Crippen molar-refractivity contribution in [2.24, 2.45) is 0 Å². The molecule has 1 aromatic heterocycles. The van der Waals surface area contributed by atoms with Crippen molar-refractivity contribution in [2.45, 2.75) is 19.8 Å². The molecule has 0 bridgehead atoms. The molecule has 0 spiro atoms. The van der Waals surface area contributed by atoms with Gasteiger partial charge in [0.2, 0.25) is 0 Å². The maximum Gasteiger partial charge on any atom is 0.120 e. The number of aromatic nitrogens is 1. The maximum atomic E-state index is 5.43. The summed E-state index contributed by atoms with van der Waals surface area (Å²) in [6, 6.07) is 3.82.